The summed E-state index contributed by atoms with van der Waals surface area (Å²) in [5.74, 6) is 2.99. The molecule has 1 aromatic rings. The molecule has 1 aliphatic rings. The molecular weight excluding hydrogens is 296 g/mol. The molecule has 7 heteroatoms. The molecule has 23 heavy (non-hydrogen) atoms. The minimum atomic E-state index is -0.634. The Hall–Kier alpha value is -2.49. The van der Waals surface area contributed by atoms with Gasteiger partial charge in [-0.05, 0) is 18.8 Å². The molecule has 0 bridgehead atoms. The number of aromatic amines is 1. The molecule has 124 valence electrons. The summed E-state index contributed by atoms with van der Waals surface area (Å²) in [4.78, 5) is 33.5. The van der Waals surface area contributed by atoms with Crippen molar-refractivity contribution in [2.45, 2.75) is 38.8 Å². The minimum Gasteiger partial charge on any atom is -0.453 e. The van der Waals surface area contributed by atoms with Crippen molar-refractivity contribution in [1.82, 2.24) is 20.2 Å². The molecule has 2 atom stereocenters. The first-order chi connectivity index (χ1) is 11.0. The molecule has 0 saturated carbocycles. The third kappa shape index (κ3) is 3.65. The maximum atomic E-state index is 12.9. The predicted octanol–water partition coefficient (Wildman–Crippen LogP) is 1.44. The van der Waals surface area contributed by atoms with Crippen molar-refractivity contribution in [2.24, 2.45) is 5.92 Å². The normalized spacial score (nSPS) is 18.6. The van der Waals surface area contributed by atoms with Crippen molar-refractivity contribution in [3.8, 4) is 12.3 Å². The molecule has 1 saturated heterocycles. The van der Waals surface area contributed by atoms with Crippen LogP contribution in [0.2, 0.25) is 0 Å². The summed E-state index contributed by atoms with van der Waals surface area (Å²) in [6, 6.07) is -0.782. The van der Waals surface area contributed by atoms with Gasteiger partial charge in [0, 0.05) is 6.54 Å². The van der Waals surface area contributed by atoms with Crippen molar-refractivity contribution in [1.29, 1.82) is 0 Å². The second kappa shape index (κ2) is 7.18. The van der Waals surface area contributed by atoms with Crippen LogP contribution < -0.4 is 5.32 Å². The molecule has 2 heterocycles. The molecule has 0 aromatic carbocycles. The number of nitrogens with one attached hydrogen (secondary N) is 2. The first-order valence-corrected chi connectivity index (χ1v) is 7.64. The van der Waals surface area contributed by atoms with Gasteiger partial charge in [0.15, 0.2) is 0 Å². The molecule has 1 aliphatic heterocycles. The van der Waals surface area contributed by atoms with Gasteiger partial charge < -0.3 is 19.9 Å². The Morgan fingerprint density at radius 2 is 2.30 bits per heavy atom. The largest absolute Gasteiger partial charge is 0.453 e. The van der Waals surface area contributed by atoms with Gasteiger partial charge in [-0.1, -0.05) is 19.8 Å². The van der Waals surface area contributed by atoms with Gasteiger partial charge in [-0.15, -0.1) is 6.42 Å². The smallest absolute Gasteiger partial charge is 0.407 e. The second-order valence-corrected chi connectivity index (χ2v) is 5.87. The number of H-pyrrole nitrogens is 1. The number of amides is 2. The van der Waals surface area contributed by atoms with Gasteiger partial charge in [0.1, 0.15) is 17.6 Å². The van der Waals surface area contributed by atoms with E-state index in [1.54, 1.807) is 11.1 Å². The molecule has 0 spiro atoms. The Morgan fingerprint density at radius 1 is 1.57 bits per heavy atom. The van der Waals surface area contributed by atoms with Crippen LogP contribution in [0.3, 0.4) is 0 Å². The fourth-order valence-corrected chi connectivity index (χ4v) is 2.77. The van der Waals surface area contributed by atoms with Crippen LogP contribution in [0.15, 0.2) is 6.20 Å². The van der Waals surface area contributed by atoms with Crippen LogP contribution in [0.1, 0.15) is 44.2 Å². The Labute approximate surface area is 135 Å². The molecule has 1 fully saturated rings. The lowest BCUT2D eigenvalue weighted by Crippen LogP contribution is -2.51. The average molecular weight is 318 g/mol. The van der Waals surface area contributed by atoms with E-state index in [2.05, 4.69) is 25.9 Å². The molecule has 1 unspecified atom stereocenters. The highest BCUT2D eigenvalue weighted by Crippen LogP contribution is 2.31. The van der Waals surface area contributed by atoms with Crippen LogP contribution in [-0.2, 0) is 9.53 Å². The maximum Gasteiger partial charge on any atom is 0.407 e. The van der Waals surface area contributed by atoms with E-state index in [1.807, 2.05) is 13.8 Å². The number of aromatic nitrogens is 2. The second-order valence-electron chi connectivity index (χ2n) is 5.87. The van der Waals surface area contributed by atoms with E-state index in [-0.39, 0.29) is 17.9 Å². The maximum absolute atomic E-state index is 12.9. The lowest BCUT2D eigenvalue weighted by molar-refractivity contribution is -0.135. The van der Waals surface area contributed by atoms with Gasteiger partial charge in [0.05, 0.1) is 19.3 Å². The first-order valence-electron chi connectivity index (χ1n) is 7.64. The highest BCUT2D eigenvalue weighted by molar-refractivity contribution is 5.86. The highest BCUT2D eigenvalue weighted by atomic mass is 16.5. The number of ether oxygens (including phenoxy) is 1. The number of alkyl carbamates (subject to hydrolysis) is 1. The lowest BCUT2D eigenvalue weighted by atomic mass is 10.0. The van der Waals surface area contributed by atoms with E-state index < -0.39 is 12.1 Å². The molecular formula is C16H22N4O3. The topological polar surface area (TPSA) is 87.3 Å². The number of carbonyl (C=O) groups is 2. The molecule has 2 amide bonds. The Morgan fingerprint density at radius 3 is 2.87 bits per heavy atom. The average Bonchev–Trinajstić information content (AvgIpc) is 3.19. The van der Waals surface area contributed by atoms with Gasteiger partial charge >= 0.3 is 6.09 Å². The Bertz CT molecular complexity index is 617. The van der Waals surface area contributed by atoms with E-state index in [1.165, 1.54) is 7.11 Å². The number of hydrogen-bond acceptors (Lipinski definition) is 4. The van der Waals surface area contributed by atoms with E-state index in [0.29, 0.717) is 18.1 Å². The number of likely N-dealkylation sites (tertiary alicyclic amines) is 1. The van der Waals surface area contributed by atoms with E-state index in [4.69, 9.17) is 6.42 Å². The number of hydrogen-bond donors (Lipinski definition) is 2. The molecule has 0 aliphatic carbocycles. The third-order valence-corrected chi connectivity index (χ3v) is 3.99. The summed E-state index contributed by atoms with van der Waals surface area (Å²) in [5.41, 5.74) is 0.590. The summed E-state index contributed by atoms with van der Waals surface area (Å²) in [6.07, 6.45) is 8.02. The molecule has 2 N–H and O–H groups in total. The Kier molecular flexibility index (Phi) is 5.27. The zero-order valence-electron chi connectivity index (χ0n) is 13.6. The summed E-state index contributed by atoms with van der Waals surface area (Å²) >= 11 is 0. The van der Waals surface area contributed by atoms with Gasteiger partial charge in [0.2, 0.25) is 5.91 Å². The van der Waals surface area contributed by atoms with Gasteiger partial charge in [0.25, 0.3) is 0 Å². The number of carbonyl (C=O) groups excluding carboxylic acids is 2. The summed E-state index contributed by atoms with van der Waals surface area (Å²) in [5, 5.41) is 2.62. The summed E-state index contributed by atoms with van der Waals surface area (Å²) in [6.45, 7) is 4.39. The van der Waals surface area contributed by atoms with Crippen LogP contribution in [0.4, 0.5) is 4.79 Å². The van der Waals surface area contributed by atoms with Gasteiger partial charge in [-0.25, -0.2) is 9.78 Å². The van der Waals surface area contributed by atoms with Crippen molar-refractivity contribution >= 4 is 12.0 Å². The quantitative estimate of drug-likeness (QED) is 0.822. The zero-order chi connectivity index (χ0) is 17.0. The van der Waals surface area contributed by atoms with Crippen LogP contribution in [-0.4, -0.2) is 46.6 Å². The van der Waals surface area contributed by atoms with E-state index in [9.17, 15) is 9.59 Å². The van der Waals surface area contributed by atoms with Crippen LogP contribution in [0.5, 0.6) is 0 Å². The predicted molar refractivity (Wildman–Crippen MR) is 84.4 cm³/mol. The van der Waals surface area contributed by atoms with Crippen molar-refractivity contribution in [3.63, 3.8) is 0 Å². The minimum absolute atomic E-state index is 0.0549. The number of nitrogens with zero attached hydrogens (tertiary/aromatic N) is 2. The van der Waals surface area contributed by atoms with Crippen molar-refractivity contribution in [3.05, 3.63) is 17.7 Å². The Balaban J connectivity index is 2.18. The lowest BCUT2D eigenvalue weighted by Gasteiger charge is -2.29. The van der Waals surface area contributed by atoms with Crippen LogP contribution in [0, 0.1) is 18.3 Å². The van der Waals surface area contributed by atoms with Crippen molar-refractivity contribution in [2.75, 3.05) is 13.7 Å². The molecule has 7 nitrogen and oxygen atoms in total. The van der Waals surface area contributed by atoms with Crippen molar-refractivity contribution < 1.29 is 14.3 Å². The fraction of sp³-hybridized carbons (Fsp3) is 0.562. The highest BCUT2D eigenvalue weighted by Gasteiger charge is 2.37. The van der Waals surface area contributed by atoms with E-state index >= 15 is 0 Å². The molecule has 0 radical (unpaired) electrons. The number of methoxy groups -OCH3 is 1. The fourth-order valence-electron chi connectivity index (χ4n) is 2.77. The van der Waals surface area contributed by atoms with E-state index in [0.717, 1.165) is 12.8 Å². The number of terminal acetylenes is 1. The summed E-state index contributed by atoms with van der Waals surface area (Å²) in [7, 11) is 1.28. The van der Waals surface area contributed by atoms with Crippen LogP contribution in [0.25, 0.3) is 0 Å². The third-order valence-electron chi connectivity index (χ3n) is 3.99. The van der Waals surface area contributed by atoms with Gasteiger partial charge in [-0.3, -0.25) is 4.79 Å². The molecule has 2 rings (SSSR count). The molecule has 1 aromatic heterocycles. The van der Waals surface area contributed by atoms with Gasteiger partial charge in [-0.2, -0.15) is 0 Å². The number of imidazole rings is 1. The standard InChI is InChI=1S/C16H22N4O3/c1-5-11-9-17-14(18-11)12-7-6-8-20(12)15(21)13(10(2)3)19-16(22)23-4/h1,9-10,12-13H,6-8H2,2-4H3,(H,17,18)(H,19,22)/t12?,13-/m0/s1. The monoisotopic (exact) mass is 318 g/mol. The first kappa shape index (κ1) is 16.9. The SMILES string of the molecule is C#Cc1cnc(C2CCCN2C(=O)[C@@H](NC(=O)OC)C(C)C)[nH]1. The summed E-state index contributed by atoms with van der Waals surface area (Å²) < 4.78 is 4.61. The number of rotatable bonds is 4. The zero-order valence-corrected chi connectivity index (χ0v) is 13.6. The van der Waals surface area contributed by atoms with Crippen LogP contribution >= 0.6 is 0 Å².